The molecule has 1 aromatic heterocycles. The summed E-state index contributed by atoms with van der Waals surface area (Å²) in [5.74, 6) is -2.07. The average molecular weight is 288 g/mol. The second kappa shape index (κ2) is 5.41. The molecule has 0 spiro atoms. The quantitative estimate of drug-likeness (QED) is 0.773. The minimum absolute atomic E-state index is 0.164. The Kier molecular flexibility index (Phi) is 3.82. The summed E-state index contributed by atoms with van der Waals surface area (Å²) in [4.78, 5) is 22.1. The highest BCUT2D eigenvalue weighted by atomic mass is 16.4. The number of hydrogen-bond donors (Lipinski definition) is 3. The van der Waals surface area contributed by atoms with Crippen molar-refractivity contribution < 1.29 is 19.8 Å². The number of aromatic nitrogens is 1. The lowest BCUT2D eigenvalue weighted by Crippen LogP contribution is -2.46. The van der Waals surface area contributed by atoms with Crippen LogP contribution in [0.15, 0.2) is 42.6 Å². The first-order valence-electron chi connectivity index (χ1n) is 6.33. The van der Waals surface area contributed by atoms with E-state index < -0.39 is 17.5 Å². The molecule has 0 radical (unpaired) electrons. The van der Waals surface area contributed by atoms with Gasteiger partial charge in [0.15, 0.2) is 0 Å². The molecule has 2 aromatic rings. The lowest BCUT2D eigenvalue weighted by molar-refractivity contribution is -0.142. The van der Waals surface area contributed by atoms with E-state index in [0.717, 1.165) is 5.56 Å². The smallest absolute Gasteiger partial charge is 0.352 e. The number of carboxylic acid groups (broad SMARTS) is 2. The summed E-state index contributed by atoms with van der Waals surface area (Å²) >= 11 is 0. The second-order valence-electron chi connectivity index (χ2n) is 5.13. The molecule has 21 heavy (non-hydrogen) atoms. The van der Waals surface area contributed by atoms with E-state index in [9.17, 15) is 9.59 Å². The van der Waals surface area contributed by atoms with E-state index in [1.165, 1.54) is 13.0 Å². The van der Waals surface area contributed by atoms with E-state index in [1.54, 1.807) is 41.1 Å². The van der Waals surface area contributed by atoms with Gasteiger partial charge >= 0.3 is 11.9 Å². The van der Waals surface area contributed by atoms with Crippen molar-refractivity contribution in [3.05, 3.63) is 53.9 Å². The Balaban J connectivity index is 2.25. The maximum Gasteiger partial charge on any atom is 0.352 e. The zero-order chi connectivity index (χ0) is 15.6. The van der Waals surface area contributed by atoms with E-state index in [0.29, 0.717) is 5.69 Å². The van der Waals surface area contributed by atoms with Crippen molar-refractivity contribution in [2.24, 2.45) is 5.73 Å². The second-order valence-corrected chi connectivity index (χ2v) is 5.13. The first kappa shape index (κ1) is 14.8. The average Bonchev–Trinajstić information content (AvgIpc) is 2.88. The van der Waals surface area contributed by atoms with Crippen molar-refractivity contribution >= 4 is 11.9 Å². The van der Waals surface area contributed by atoms with E-state index in [-0.39, 0.29) is 12.1 Å². The Hall–Kier alpha value is -2.60. The number of aliphatic carboxylic acids is 1. The predicted molar refractivity (Wildman–Crippen MR) is 76.7 cm³/mol. The van der Waals surface area contributed by atoms with Gasteiger partial charge in [0.2, 0.25) is 0 Å². The number of rotatable bonds is 5. The van der Waals surface area contributed by atoms with Gasteiger partial charge in [-0.05, 0) is 36.8 Å². The molecule has 0 saturated carbocycles. The van der Waals surface area contributed by atoms with Gasteiger partial charge in [-0.2, -0.15) is 0 Å². The number of nitrogens with zero attached hydrogens (tertiary/aromatic N) is 1. The molecule has 2 rings (SSSR count). The largest absolute Gasteiger partial charge is 0.480 e. The third kappa shape index (κ3) is 3.11. The summed E-state index contributed by atoms with van der Waals surface area (Å²) in [5.41, 5.74) is 6.00. The molecule has 0 aliphatic carbocycles. The monoisotopic (exact) mass is 288 g/mol. The molecule has 0 saturated heterocycles. The highest BCUT2D eigenvalue weighted by Gasteiger charge is 2.27. The molecule has 1 aromatic carbocycles. The first-order valence-corrected chi connectivity index (χ1v) is 6.33. The normalized spacial score (nSPS) is 13.6. The van der Waals surface area contributed by atoms with Crippen LogP contribution in [-0.4, -0.2) is 32.3 Å². The van der Waals surface area contributed by atoms with Crippen LogP contribution in [0.3, 0.4) is 0 Å². The fourth-order valence-electron chi connectivity index (χ4n) is 2.05. The van der Waals surface area contributed by atoms with Crippen LogP contribution in [0, 0.1) is 0 Å². The van der Waals surface area contributed by atoms with Gasteiger partial charge in [0, 0.05) is 18.3 Å². The Morgan fingerprint density at radius 2 is 1.81 bits per heavy atom. The summed E-state index contributed by atoms with van der Waals surface area (Å²) in [7, 11) is 0. The third-order valence-corrected chi connectivity index (χ3v) is 3.24. The summed E-state index contributed by atoms with van der Waals surface area (Å²) < 4.78 is 1.55. The predicted octanol–water partition coefficient (Wildman–Crippen LogP) is 1.52. The molecule has 110 valence electrons. The van der Waals surface area contributed by atoms with Crippen LogP contribution in [0.25, 0.3) is 5.69 Å². The maximum atomic E-state index is 11.1. The molecular weight excluding hydrogens is 272 g/mol. The minimum Gasteiger partial charge on any atom is -0.480 e. The highest BCUT2D eigenvalue weighted by molar-refractivity contribution is 5.86. The molecule has 6 nitrogen and oxygen atoms in total. The molecule has 4 N–H and O–H groups in total. The summed E-state index contributed by atoms with van der Waals surface area (Å²) in [6.45, 7) is 1.46. The van der Waals surface area contributed by atoms with Gasteiger partial charge in [0.25, 0.3) is 0 Å². The van der Waals surface area contributed by atoms with Crippen LogP contribution in [-0.2, 0) is 11.2 Å². The van der Waals surface area contributed by atoms with Gasteiger partial charge in [0.1, 0.15) is 11.2 Å². The summed E-state index contributed by atoms with van der Waals surface area (Å²) in [6, 6.07) is 10.1. The van der Waals surface area contributed by atoms with E-state index in [4.69, 9.17) is 15.9 Å². The fraction of sp³-hybridized carbons (Fsp3) is 0.200. The number of aromatic carboxylic acids is 1. The number of nitrogens with two attached hydrogens (primary N) is 1. The molecule has 1 heterocycles. The number of carboxylic acids is 2. The number of hydrogen-bond acceptors (Lipinski definition) is 3. The van der Waals surface area contributed by atoms with Crippen LogP contribution in [0.5, 0.6) is 0 Å². The Morgan fingerprint density at radius 3 is 2.33 bits per heavy atom. The molecule has 0 bridgehead atoms. The van der Waals surface area contributed by atoms with Crippen LogP contribution in [0.1, 0.15) is 23.0 Å². The van der Waals surface area contributed by atoms with E-state index >= 15 is 0 Å². The van der Waals surface area contributed by atoms with Gasteiger partial charge in [-0.3, -0.25) is 4.79 Å². The van der Waals surface area contributed by atoms with Crippen LogP contribution < -0.4 is 5.73 Å². The van der Waals surface area contributed by atoms with Crippen LogP contribution in [0.2, 0.25) is 0 Å². The molecule has 6 heteroatoms. The Morgan fingerprint density at radius 1 is 1.19 bits per heavy atom. The number of benzene rings is 1. The SMILES string of the molecule is C[C@](N)(Cc1ccc(-n2cccc2C(=O)O)cc1)C(=O)O. The zero-order valence-electron chi connectivity index (χ0n) is 11.5. The minimum atomic E-state index is -1.33. The summed E-state index contributed by atoms with van der Waals surface area (Å²) in [5, 5.41) is 18.1. The van der Waals surface area contributed by atoms with Crippen molar-refractivity contribution in [1.29, 1.82) is 0 Å². The van der Waals surface area contributed by atoms with Gasteiger partial charge in [-0.25, -0.2) is 4.79 Å². The van der Waals surface area contributed by atoms with E-state index in [2.05, 4.69) is 0 Å². The topological polar surface area (TPSA) is 106 Å². The van der Waals surface area contributed by atoms with Gasteiger partial charge in [-0.15, -0.1) is 0 Å². The molecular formula is C15H16N2O4. The van der Waals surface area contributed by atoms with Crippen LogP contribution in [0.4, 0.5) is 0 Å². The Bertz CT molecular complexity index is 671. The number of carbonyl (C=O) groups is 2. The third-order valence-electron chi connectivity index (χ3n) is 3.24. The highest BCUT2D eigenvalue weighted by Crippen LogP contribution is 2.17. The molecule has 0 unspecified atom stereocenters. The van der Waals surface area contributed by atoms with Gasteiger partial charge in [-0.1, -0.05) is 12.1 Å². The van der Waals surface area contributed by atoms with Gasteiger partial charge < -0.3 is 20.5 Å². The fourth-order valence-corrected chi connectivity index (χ4v) is 2.05. The standard InChI is InChI=1S/C15H16N2O4/c1-15(16,14(20)21)9-10-4-6-11(7-5-10)17-8-2-3-12(17)13(18)19/h2-8H,9,16H2,1H3,(H,18,19)(H,20,21)/t15-/m0/s1. The molecule has 0 amide bonds. The lowest BCUT2D eigenvalue weighted by Gasteiger charge is -2.19. The van der Waals surface area contributed by atoms with E-state index in [1.807, 2.05) is 0 Å². The van der Waals surface area contributed by atoms with Crippen molar-refractivity contribution in [2.45, 2.75) is 18.9 Å². The van der Waals surface area contributed by atoms with Crippen LogP contribution >= 0.6 is 0 Å². The van der Waals surface area contributed by atoms with Crippen molar-refractivity contribution in [3.8, 4) is 5.69 Å². The lowest BCUT2D eigenvalue weighted by atomic mass is 9.94. The first-order chi connectivity index (χ1) is 9.81. The molecule has 0 fully saturated rings. The summed E-state index contributed by atoms with van der Waals surface area (Å²) in [6.07, 6.45) is 1.85. The Labute approximate surface area is 121 Å². The zero-order valence-corrected chi connectivity index (χ0v) is 11.5. The van der Waals surface area contributed by atoms with Crippen molar-refractivity contribution in [3.63, 3.8) is 0 Å². The molecule has 0 aliphatic heterocycles. The van der Waals surface area contributed by atoms with Gasteiger partial charge in [0.05, 0.1) is 0 Å². The molecule has 0 aliphatic rings. The van der Waals surface area contributed by atoms with Crippen molar-refractivity contribution in [1.82, 2.24) is 4.57 Å². The maximum absolute atomic E-state index is 11.1. The van der Waals surface area contributed by atoms with Crippen molar-refractivity contribution in [2.75, 3.05) is 0 Å². The molecule has 1 atom stereocenters.